The third-order valence-electron chi connectivity index (χ3n) is 3.97. The quantitative estimate of drug-likeness (QED) is 0.923. The number of hydrogen-bond acceptors (Lipinski definition) is 2. The average molecular weight is 300 g/mol. The SMILES string of the molecule is CNc1ccc(C(=O)N(C)CC2CC2C)cc1C(F)(F)F. The third kappa shape index (κ3) is 3.49. The van der Waals surface area contributed by atoms with Gasteiger partial charge in [0, 0.05) is 31.9 Å². The Morgan fingerprint density at radius 1 is 1.43 bits per heavy atom. The van der Waals surface area contributed by atoms with E-state index in [1.807, 2.05) is 0 Å². The van der Waals surface area contributed by atoms with Gasteiger partial charge < -0.3 is 10.2 Å². The van der Waals surface area contributed by atoms with Crippen LogP contribution in [0.2, 0.25) is 0 Å². The molecule has 2 unspecified atom stereocenters. The van der Waals surface area contributed by atoms with E-state index in [0.29, 0.717) is 18.4 Å². The summed E-state index contributed by atoms with van der Waals surface area (Å²) in [5, 5.41) is 2.50. The van der Waals surface area contributed by atoms with Gasteiger partial charge in [-0.1, -0.05) is 6.92 Å². The van der Waals surface area contributed by atoms with Crippen molar-refractivity contribution < 1.29 is 18.0 Å². The summed E-state index contributed by atoms with van der Waals surface area (Å²) in [6, 6.07) is 3.64. The lowest BCUT2D eigenvalue weighted by Crippen LogP contribution is -2.29. The number of halogens is 3. The third-order valence-corrected chi connectivity index (χ3v) is 3.97. The molecule has 1 fully saturated rings. The van der Waals surface area contributed by atoms with Gasteiger partial charge in [0.15, 0.2) is 0 Å². The van der Waals surface area contributed by atoms with Crippen molar-refractivity contribution in [3.8, 4) is 0 Å². The second kappa shape index (κ2) is 5.58. The van der Waals surface area contributed by atoms with Crippen molar-refractivity contribution in [2.45, 2.75) is 19.5 Å². The highest BCUT2D eigenvalue weighted by molar-refractivity contribution is 5.94. The van der Waals surface area contributed by atoms with Crippen molar-refractivity contribution >= 4 is 11.6 Å². The van der Waals surface area contributed by atoms with Gasteiger partial charge in [0.05, 0.1) is 5.56 Å². The first-order valence-electron chi connectivity index (χ1n) is 6.88. The van der Waals surface area contributed by atoms with Crippen LogP contribution in [0.5, 0.6) is 0 Å². The molecule has 116 valence electrons. The Bertz CT molecular complexity index is 542. The highest BCUT2D eigenvalue weighted by atomic mass is 19.4. The Kier molecular flexibility index (Phi) is 4.16. The molecule has 0 saturated heterocycles. The lowest BCUT2D eigenvalue weighted by molar-refractivity contribution is -0.136. The number of carbonyl (C=O) groups is 1. The predicted octanol–water partition coefficient (Wildman–Crippen LogP) is 3.48. The minimum atomic E-state index is -4.49. The Hall–Kier alpha value is -1.72. The molecule has 1 aromatic carbocycles. The Morgan fingerprint density at radius 2 is 2.05 bits per heavy atom. The van der Waals surface area contributed by atoms with E-state index in [2.05, 4.69) is 12.2 Å². The highest BCUT2D eigenvalue weighted by Crippen LogP contribution is 2.38. The topological polar surface area (TPSA) is 32.3 Å². The summed E-state index contributed by atoms with van der Waals surface area (Å²) >= 11 is 0. The molecule has 0 aliphatic heterocycles. The van der Waals surface area contributed by atoms with Crippen LogP contribution in [0.3, 0.4) is 0 Å². The number of amides is 1. The van der Waals surface area contributed by atoms with E-state index in [1.54, 1.807) is 7.05 Å². The van der Waals surface area contributed by atoms with Crippen molar-refractivity contribution in [2.75, 3.05) is 26.0 Å². The fraction of sp³-hybridized carbons (Fsp3) is 0.533. The number of carbonyl (C=O) groups excluding carboxylic acids is 1. The fourth-order valence-electron chi connectivity index (χ4n) is 2.44. The first-order chi connectivity index (χ1) is 9.74. The van der Waals surface area contributed by atoms with Gasteiger partial charge in [-0.2, -0.15) is 13.2 Å². The van der Waals surface area contributed by atoms with Crippen molar-refractivity contribution in [3.05, 3.63) is 29.3 Å². The number of rotatable bonds is 4. The van der Waals surface area contributed by atoms with Gasteiger partial charge >= 0.3 is 6.18 Å². The van der Waals surface area contributed by atoms with Gasteiger partial charge in [-0.15, -0.1) is 0 Å². The van der Waals surface area contributed by atoms with Crippen molar-refractivity contribution in [1.29, 1.82) is 0 Å². The number of hydrogen-bond donors (Lipinski definition) is 1. The largest absolute Gasteiger partial charge is 0.418 e. The van der Waals surface area contributed by atoms with E-state index in [1.165, 1.54) is 24.1 Å². The van der Waals surface area contributed by atoms with E-state index in [9.17, 15) is 18.0 Å². The molecule has 2 atom stereocenters. The molecule has 0 spiro atoms. The number of anilines is 1. The fourth-order valence-corrected chi connectivity index (χ4v) is 2.44. The molecule has 1 aliphatic rings. The maximum absolute atomic E-state index is 13.0. The van der Waals surface area contributed by atoms with Gasteiger partial charge in [-0.3, -0.25) is 4.79 Å². The molecule has 6 heteroatoms. The normalized spacial score (nSPS) is 21.0. The molecule has 1 amide bonds. The lowest BCUT2D eigenvalue weighted by Gasteiger charge is -2.19. The van der Waals surface area contributed by atoms with Crippen molar-refractivity contribution in [1.82, 2.24) is 4.90 Å². The maximum atomic E-state index is 13.0. The number of alkyl halides is 3. The molecule has 1 N–H and O–H groups in total. The van der Waals surface area contributed by atoms with Crippen LogP contribution in [0.15, 0.2) is 18.2 Å². The van der Waals surface area contributed by atoms with Crippen LogP contribution in [-0.4, -0.2) is 31.4 Å². The summed E-state index contributed by atoms with van der Waals surface area (Å²) < 4.78 is 39.0. The van der Waals surface area contributed by atoms with Gasteiger partial charge in [0.1, 0.15) is 0 Å². The second-order valence-corrected chi connectivity index (χ2v) is 5.67. The van der Waals surface area contributed by atoms with Gasteiger partial charge in [-0.05, 0) is 36.5 Å². The van der Waals surface area contributed by atoms with Crippen LogP contribution in [0, 0.1) is 11.8 Å². The maximum Gasteiger partial charge on any atom is 0.418 e. The van der Waals surface area contributed by atoms with Crippen LogP contribution in [0.25, 0.3) is 0 Å². The minimum absolute atomic E-state index is 0.0301. The number of nitrogens with zero attached hydrogens (tertiary/aromatic N) is 1. The molecule has 0 bridgehead atoms. The summed E-state index contributed by atoms with van der Waals surface area (Å²) in [6.07, 6.45) is -3.41. The molecule has 1 aliphatic carbocycles. The van der Waals surface area contributed by atoms with Gasteiger partial charge in [-0.25, -0.2) is 0 Å². The zero-order chi connectivity index (χ0) is 15.8. The van der Waals surface area contributed by atoms with Crippen LogP contribution >= 0.6 is 0 Å². The van der Waals surface area contributed by atoms with Gasteiger partial charge in [0.25, 0.3) is 5.91 Å². The second-order valence-electron chi connectivity index (χ2n) is 5.67. The smallest absolute Gasteiger partial charge is 0.388 e. The van der Waals surface area contributed by atoms with Crippen LogP contribution in [-0.2, 0) is 6.18 Å². The van der Waals surface area contributed by atoms with E-state index < -0.39 is 11.7 Å². The van der Waals surface area contributed by atoms with E-state index in [0.717, 1.165) is 12.5 Å². The summed E-state index contributed by atoms with van der Waals surface area (Å²) in [4.78, 5) is 13.7. The molecule has 0 heterocycles. The summed E-state index contributed by atoms with van der Waals surface area (Å²) in [7, 11) is 3.05. The summed E-state index contributed by atoms with van der Waals surface area (Å²) in [6.45, 7) is 2.70. The van der Waals surface area contributed by atoms with E-state index in [4.69, 9.17) is 0 Å². The molecule has 3 nitrogen and oxygen atoms in total. The molecule has 0 aromatic heterocycles. The predicted molar refractivity (Wildman–Crippen MR) is 75.2 cm³/mol. The average Bonchev–Trinajstić information content (AvgIpc) is 3.11. The molecule has 21 heavy (non-hydrogen) atoms. The highest BCUT2D eigenvalue weighted by Gasteiger charge is 2.36. The molecule has 0 radical (unpaired) electrons. The Balaban J connectivity index is 2.21. The standard InChI is InChI=1S/C15H19F3N2O/c1-9-6-11(9)8-20(3)14(21)10-4-5-13(19-2)12(7-10)15(16,17)18/h4-5,7,9,11,19H,6,8H2,1-3H3. The number of benzene rings is 1. The molecule has 1 saturated carbocycles. The summed E-state index contributed by atoms with van der Waals surface area (Å²) in [5.74, 6) is 0.692. The molecule has 1 aromatic rings. The zero-order valence-corrected chi connectivity index (χ0v) is 12.3. The monoisotopic (exact) mass is 300 g/mol. The Labute approximate surface area is 122 Å². The lowest BCUT2D eigenvalue weighted by atomic mass is 10.1. The van der Waals surface area contributed by atoms with Crippen LogP contribution in [0.1, 0.15) is 29.3 Å². The van der Waals surface area contributed by atoms with Crippen molar-refractivity contribution in [2.24, 2.45) is 11.8 Å². The number of nitrogens with one attached hydrogen (secondary N) is 1. The summed E-state index contributed by atoms with van der Waals surface area (Å²) in [5.41, 5.74) is -0.779. The Morgan fingerprint density at radius 3 is 2.52 bits per heavy atom. The van der Waals surface area contributed by atoms with E-state index in [-0.39, 0.29) is 17.2 Å². The molecular formula is C15H19F3N2O. The first kappa shape index (κ1) is 15.7. The van der Waals surface area contributed by atoms with Gasteiger partial charge in [0.2, 0.25) is 0 Å². The minimum Gasteiger partial charge on any atom is -0.388 e. The molecule has 2 rings (SSSR count). The molecular weight excluding hydrogens is 281 g/mol. The van der Waals surface area contributed by atoms with E-state index >= 15 is 0 Å². The van der Waals surface area contributed by atoms with Crippen LogP contribution < -0.4 is 5.32 Å². The zero-order valence-electron chi connectivity index (χ0n) is 12.3. The van der Waals surface area contributed by atoms with Crippen molar-refractivity contribution in [3.63, 3.8) is 0 Å². The first-order valence-corrected chi connectivity index (χ1v) is 6.88. The van der Waals surface area contributed by atoms with Crippen LogP contribution in [0.4, 0.5) is 18.9 Å².